The van der Waals surface area contributed by atoms with Crippen LogP contribution in [0.5, 0.6) is 0 Å². The van der Waals surface area contributed by atoms with Crippen molar-refractivity contribution in [3.8, 4) is 0 Å². The van der Waals surface area contributed by atoms with Gasteiger partial charge in [-0.05, 0) is 62.3 Å². The van der Waals surface area contributed by atoms with Crippen LogP contribution in [-0.2, 0) is 4.79 Å². The minimum absolute atomic E-state index is 0.00866. The second-order valence-corrected chi connectivity index (χ2v) is 8.02. The molecule has 0 bridgehead atoms. The van der Waals surface area contributed by atoms with Crippen LogP contribution >= 0.6 is 11.6 Å². The van der Waals surface area contributed by atoms with Crippen molar-refractivity contribution in [2.75, 3.05) is 13.1 Å². The number of fused-ring (bicyclic) bond motifs is 1. The highest BCUT2D eigenvalue weighted by atomic mass is 35.5. The van der Waals surface area contributed by atoms with Crippen LogP contribution in [0.3, 0.4) is 0 Å². The Balaban J connectivity index is 1.41. The Kier molecular flexibility index (Phi) is 4.35. The molecule has 2 fully saturated rings. The van der Waals surface area contributed by atoms with Crippen LogP contribution in [0.15, 0.2) is 30.5 Å². The Hall–Kier alpha value is -2.14. The first-order valence-corrected chi connectivity index (χ1v) is 9.49. The minimum Gasteiger partial charge on any atom is -0.341 e. The van der Waals surface area contributed by atoms with E-state index >= 15 is 0 Å². The fourth-order valence-electron chi connectivity index (χ4n) is 3.72. The lowest BCUT2D eigenvalue weighted by Crippen LogP contribution is -2.49. The third-order valence-electron chi connectivity index (χ3n) is 5.72. The van der Waals surface area contributed by atoms with Crippen LogP contribution in [-0.4, -0.2) is 40.8 Å². The number of nitrogens with zero attached hydrogens (tertiary/aromatic N) is 2. The number of likely N-dealkylation sites (tertiary alicyclic amines) is 1. The van der Waals surface area contributed by atoms with E-state index in [9.17, 15) is 9.59 Å². The molecule has 1 aliphatic carbocycles. The van der Waals surface area contributed by atoms with Crippen molar-refractivity contribution in [1.82, 2.24) is 15.2 Å². The number of halogens is 1. The maximum atomic E-state index is 12.6. The van der Waals surface area contributed by atoms with Gasteiger partial charge in [0.1, 0.15) is 6.04 Å². The summed E-state index contributed by atoms with van der Waals surface area (Å²) < 4.78 is 0. The molecule has 2 aromatic rings. The number of hydrogen-bond donors (Lipinski definition) is 1. The zero-order chi connectivity index (χ0) is 18.3. The molecule has 2 heterocycles. The Labute approximate surface area is 157 Å². The standard InChI is InChI=1S/C20H22ClN3O2/c1-13(19(26)24-8-6-20(4-5-20)7-9-24)23-18(25)15-10-14-11-16(21)2-3-17(14)22-12-15/h2-3,10-13H,4-9H2,1H3,(H,23,25). The van der Waals surface area contributed by atoms with Crippen molar-refractivity contribution in [3.63, 3.8) is 0 Å². The van der Waals surface area contributed by atoms with Crippen LogP contribution in [0.2, 0.25) is 5.02 Å². The molecule has 6 heteroatoms. The molecule has 1 unspecified atom stereocenters. The molecule has 1 N–H and O–H groups in total. The van der Waals surface area contributed by atoms with Gasteiger partial charge in [-0.25, -0.2) is 0 Å². The van der Waals surface area contributed by atoms with E-state index in [1.807, 2.05) is 11.0 Å². The van der Waals surface area contributed by atoms with Crippen LogP contribution in [0.1, 0.15) is 43.0 Å². The van der Waals surface area contributed by atoms with Gasteiger partial charge in [0.25, 0.3) is 5.91 Å². The predicted molar refractivity (Wildman–Crippen MR) is 101 cm³/mol. The van der Waals surface area contributed by atoms with Gasteiger partial charge >= 0.3 is 0 Å². The van der Waals surface area contributed by atoms with Crippen molar-refractivity contribution < 1.29 is 9.59 Å². The van der Waals surface area contributed by atoms with Gasteiger partial charge in [-0.3, -0.25) is 14.6 Å². The van der Waals surface area contributed by atoms with Gasteiger partial charge in [0.2, 0.25) is 5.91 Å². The molecule has 0 radical (unpaired) electrons. The molecule has 4 rings (SSSR count). The molecule has 2 amide bonds. The minimum atomic E-state index is -0.550. The topological polar surface area (TPSA) is 62.3 Å². The average molecular weight is 372 g/mol. The molecule has 1 aromatic heterocycles. The van der Waals surface area contributed by atoms with Crippen LogP contribution in [0.25, 0.3) is 10.9 Å². The summed E-state index contributed by atoms with van der Waals surface area (Å²) in [7, 11) is 0. The lowest BCUT2D eigenvalue weighted by Gasteiger charge is -2.33. The SMILES string of the molecule is CC(NC(=O)c1cnc2ccc(Cl)cc2c1)C(=O)N1CCC2(CC1)CC2. The lowest BCUT2D eigenvalue weighted by atomic mass is 9.93. The molecular weight excluding hydrogens is 350 g/mol. The quantitative estimate of drug-likeness (QED) is 0.899. The van der Waals surface area contributed by atoms with Gasteiger partial charge in [0.15, 0.2) is 0 Å². The molecule has 2 aliphatic rings. The van der Waals surface area contributed by atoms with E-state index in [-0.39, 0.29) is 11.8 Å². The van der Waals surface area contributed by atoms with Gasteiger partial charge in [0.05, 0.1) is 11.1 Å². The first-order chi connectivity index (χ1) is 12.5. The maximum absolute atomic E-state index is 12.6. The highest BCUT2D eigenvalue weighted by Crippen LogP contribution is 2.53. The third-order valence-corrected chi connectivity index (χ3v) is 5.95. The molecule has 1 saturated carbocycles. The van der Waals surface area contributed by atoms with Gasteiger partial charge in [-0.2, -0.15) is 0 Å². The summed E-state index contributed by atoms with van der Waals surface area (Å²) in [5.74, 6) is -0.304. The number of hydrogen-bond acceptors (Lipinski definition) is 3. The number of benzene rings is 1. The van der Waals surface area contributed by atoms with Gasteiger partial charge in [-0.1, -0.05) is 11.6 Å². The van der Waals surface area contributed by atoms with Gasteiger partial charge in [0, 0.05) is 29.7 Å². The fourth-order valence-corrected chi connectivity index (χ4v) is 3.90. The number of rotatable bonds is 3. The highest BCUT2D eigenvalue weighted by molar-refractivity contribution is 6.31. The number of nitrogens with one attached hydrogen (secondary N) is 1. The van der Waals surface area contributed by atoms with Gasteiger partial charge < -0.3 is 10.2 Å². The Morgan fingerprint density at radius 1 is 1.19 bits per heavy atom. The largest absolute Gasteiger partial charge is 0.341 e. The summed E-state index contributed by atoms with van der Waals surface area (Å²) in [5, 5.41) is 4.20. The van der Waals surface area contributed by atoms with Crippen LogP contribution in [0.4, 0.5) is 0 Å². The maximum Gasteiger partial charge on any atom is 0.253 e. The summed E-state index contributed by atoms with van der Waals surface area (Å²) in [6, 6.07) is 6.55. The number of aromatic nitrogens is 1. The third kappa shape index (κ3) is 3.40. The molecule has 1 atom stereocenters. The van der Waals surface area contributed by atoms with Crippen molar-refractivity contribution in [2.45, 2.75) is 38.6 Å². The predicted octanol–water partition coefficient (Wildman–Crippen LogP) is 3.41. The van der Waals surface area contributed by atoms with E-state index < -0.39 is 6.04 Å². The van der Waals surface area contributed by atoms with E-state index in [4.69, 9.17) is 11.6 Å². The van der Waals surface area contributed by atoms with E-state index in [1.54, 1.807) is 25.1 Å². The summed E-state index contributed by atoms with van der Waals surface area (Å²) in [6.07, 6.45) is 6.32. The number of piperidine rings is 1. The fraction of sp³-hybridized carbons (Fsp3) is 0.450. The first-order valence-electron chi connectivity index (χ1n) is 9.11. The van der Waals surface area contributed by atoms with Gasteiger partial charge in [-0.15, -0.1) is 0 Å². The average Bonchev–Trinajstić information content (AvgIpc) is 3.40. The molecule has 5 nitrogen and oxygen atoms in total. The van der Waals surface area contributed by atoms with Crippen LogP contribution in [0, 0.1) is 5.41 Å². The molecule has 1 aliphatic heterocycles. The normalized spacial score (nSPS) is 19.4. The molecule has 1 spiro atoms. The van der Waals surface area contributed by atoms with Crippen molar-refractivity contribution in [2.24, 2.45) is 5.41 Å². The number of carbonyl (C=O) groups excluding carboxylic acids is 2. The van der Waals surface area contributed by atoms with Crippen LogP contribution < -0.4 is 5.32 Å². The molecule has 1 saturated heterocycles. The molecule has 1 aromatic carbocycles. The molecule has 26 heavy (non-hydrogen) atoms. The zero-order valence-electron chi connectivity index (χ0n) is 14.8. The highest BCUT2D eigenvalue weighted by Gasteiger charge is 2.45. The Morgan fingerprint density at radius 3 is 2.62 bits per heavy atom. The Morgan fingerprint density at radius 2 is 1.92 bits per heavy atom. The summed E-state index contributed by atoms with van der Waals surface area (Å²) >= 11 is 6.01. The summed E-state index contributed by atoms with van der Waals surface area (Å²) in [5.41, 5.74) is 1.73. The van der Waals surface area contributed by atoms with Crippen molar-refractivity contribution in [1.29, 1.82) is 0 Å². The molecule has 136 valence electrons. The molecular formula is C20H22ClN3O2. The van der Waals surface area contributed by atoms with Crippen molar-refractivity contribution >= 4 is 34.3 Å². The number of amides is 2. The zero-order valence-corrected chi connectivity index (χ0v) is 15.6. The first kappa shape index (κ1) is 17.3. The van der Waals surface area contributed by atoms with Crippen molar-refractivity contribution in [3.05, 3.63) is 41.0 Å². The summed E-state index contributed by atoms with van der Waals surface area (Å²) in [6.45, 7) is 3.34. The Bertz CT molecular complexity index is 868. The van der Waals surface area contributed by atoms with E-state index in [0.717, 1.165) is 36.8 Å². The van der Waals surface area contributed by atoms with E-state index in [0.29, 0.717) is 16.0 Å². The van der Waals surface area contributed by atoms with E-state index in [1.165, 1.54) is 19.0 Å². The number of pyridine rings is 1. The lowest BCUT2D eigenvalue weighted by molar-refractivity contribution is -0.134. The monoisotopic (exact) mass is 371 g/mol. The summed E-state index contributed by atoms with van der Waals surface area (Å²) in [4.78, 5) is 31.3. The van der Waals surface area contributed by atoms with E-state index in [2.05, 4.69) is 10.3 Å². The smallest absolute Gasteiger partial charge is 0.253 e. The second-order valence-electron chi connectivity index (χ2n) is 7.58. The second kappa shape index (κ2) is 6.54. The number of carbonyl (C=O) groups is 2.